The summed E-state index contributed by atoms with van der Waals surface area (Å²) in [6, 6.07) is 10.2. The van der Waals surface area contributed by atoms with E-state index < -0.39 is 22.5 Å². The largest absolute Gasteiger partial charge is 0.493 e. The van der Waals surface area contributed by atoms with Gasteiger partial charge in [0.2, 0.25) is 10.0 Å². The van der Waals surface area contributed by atoms with Crippen LogP contribution in [0.4, 0.5) is 5.69 Å². The van der Waals surface area contributed by atoms with Crippen LogP contribution in [0.3, 0.4) is 0 Å². The fourth-order valence-electron chi connectivity index (χ4n) is 2.91. The molecule has 1 N–H and O–H groups in total. The summed E-state index contributed by atoms with van der Waals surface area (Å²) < 4.78 is 36.2. The molecule has 0 heterocycles. The highest BCUT2D eigenvalue weighted by molar-refractivity contribution is 7.92. The molecule has 168 valence electrons. The molecule has 0 unspecified atom stereocenters. The smallest absolute Gasteiger partial charge is 0.260 e. The monoisotopic (exact) mass is 467 g/mol. The van der Waals surface area contributed by atoms with E-state index in [0.29, 0.717) is 39.9 Å². The van der Waals surface area contributed by atoms with Crippen LogP contribution in [0.5, 0.6) is 11.5 Å². The molecule has 8 nitrogen and oxygen atoms in total. The van der Waals surface area contributed by atoms with E-state index in [1.54, 1.807) is 50.4 Å². The van der Waals surface area contributed by atoms with Crippen molar-refractivity contribution in [1.29, 1.82) is 0 Å². The molecule has 0 saturated heterocycles. The molecule has 0 saturated carbocycles. The Morgan fingerprint density at radius 2 is 1.84 bits per heavy atom. The van der Waals surface area contributed by atoms with Crippen molar-refractivity contribution >= 4 is 38.9 Å². The predicted molar refractivity (Wildman–Crippen MR) is 123 cm³/mol. The number of amides is 1. The first-order valence-electron chi connectivity index (χ1n) is 9.43. The van der Waals surface area contributed by atoms with Crippen molar-refractivity contribution in [2.75, 3.05) is 31.3 Å². The third kappa shape index (κ3) is 6.11. The minimum absolute atomic E-state index is 0.338. The SMILES string of the molecule is CC/C(=N/NC(=O)CN(c1cccc(Cl)c1C)S(C)(=O)=O)c1ccc(OC)c(OC)c1. The Kier molecular flexibility index (Phi) is 8.29. The normalized spacial score (nSPS) is 11.7. The van der Waals surface area contributed by atoms with Gasteiger partial charge in [0.25, 0.3) is 5.91 Å². The number of hydrogen-bond acceptors (Lipinski definition) is 6. The number of benzene rings is 2. The number of hydrogen-bond donors (Lipinski definition) is 1. The van der Waals surface area contributed by atoms with E-state index >= 15 is 0 Å². The predicted octanol–water partition coefficient (Wildman–Crippen LogP) is 3.36. The Hall–Kier alpha value is -2.78. The molecule has 31 heavy (non-hydrogen) atoms. The Morgan fingerprint density at radius 1 is 1.16 bits per heavy atom. The van der Waals surface area contributed by atoms with Crippen LogP contribution in [-0.4, -0.2) is 47.1 Å². The lowest BCUT2D eigenvalue weighted by Crippen LogP contribution is -2.39. The van der Waals surface area contributed by atoms with Gasteiger partial charge < -0.3 is 9.47 Å². The van der Waals surface area contributed by atoms with Crippen molar-refractivity contribution in [3.8, 4) is 11.5 Å². The maximum atomic E-state index is 12.5. The lowest BCUT2D eigenvalue weighted by atomic mass is 10.1. The molecule has 0 atom stereocenters. The molecule has 0 bridgehead atoms. The van der Waals surface area contributed by atoms with Crippen molar-refractivity contribution in [2.45, 2.75) is 20.3 Å². The molecule has 0 aliphatic rings. The number of carbonyl (C=O) groups excluding carboxylic acids is 1. The fraction of sp³-hybridized carbons (Fsp3) is 0.333. The summed E-state index contributed by atoms with van der Waals surface area (Å²) in [5.41, 5.74) is 4.68. The maximum Gasteiger partial charge on any atom is 0.260 e. The molecule has 0 spiro atoms. The molecule has 2 aromatic rings. The average Bonchev–Trinajstić information content (AvgIpc) is 2.73. The van der Waals surface area contributed by atoms with Gasteiger partial charge in [-0.1, -0.05) is 24.6 Å². The first kappa shape index (κ1) is 24.5. The summed E-state index contributed by atoms with van der Waals surface area (Å²) in [5, 5.41) is 4.59. The van der Waals surface area contributed by atoms with Crippen molar-refractivity contribution in [3.05, 3.63) is 52.5 Å². The van der Waals surface area contributed by atoms with Gasteiger partial charge in [0, 0.05) is 10.6 Å². The van der Waals surface area contributed by atoms with Crippen LogP contribution in [0.15, 0.2) is 41.5 Å². The number of anilines is 1. The third-order valence-corrected chi connectivity index (χ3v) is 6.10. The van der Waals surface area contributed by atoms with E-state index in [2.05, 4.69) is 10.5 Å². The lowest BCUT2D eigenvalue weighted by molar-refractivity contribution is -0.119. The highest BCUT2D eigenvalue weighted by Crippen LogP contribution is 2.29. The molecule has 0 radical (unpaired) electrons. The third-order valence-electron chi connectivity index (χ3n) is 4.56. The molecule has 0 aromatic heterocycles. The lowest BCUT2D eigenvalue weighted by Gasteiger charge is -2.23. The Morgan fingerprint density at radius 3 is 2.42 bits per heavy atom. The first-order valence-corrected chi connectivity index (χ1v) is 11.7. The quantitative estimate of drug-likeness (QED) is 0.450. The van der Waals surface area contributed by atoms with E-state index in [-0.39, 0.29) is 0 Å². The zero-order valence-corrected chi connectivity index (χ0v) is 19.7. The number of nitrogens with zero attached hydrogens (tertiary/aromatic N) is 2. The Balaban J connectivity index is 2.26. The standard InChI is InChI=1S/C21H26ClN3O5S/c1-6-17(15-10-11-19(29-3)20(12-15)30-4)23-24-21(26)13-25(31(5,27)28)18-9-7-8-16(22)14(18)2/h7-12H,6,13H2,1-5H3,(H,24,26)/b23-17-. The molecule has 2 aromatic carbocycles. The molecular weight excluding hydrogens is 442 g/mol. The summed E-state index contributed by atoms with van der Waals surface area (Å²) in [4.78, 5) is 12.5. The highest BCUT2D eigenvalue weighted by atomic mass is 35.5. The van der Waals surface area contributed by atoms with Crippen LogP contribution in [0, 0.1) is 6.92 Å². The van der Waals surface area contributed by atoms with Crippen molar-refractivity contribution in [3.63, 3.8) is 0 Å². The number of rotatable bonds is 9. The molecule has 2 rings (SSSR count). The topological polar surface area (TPSA) is 97.3 Å². The van der Waals surface area contributed by atoms with Crippen LogP contribution in [0.25, 0.3) is 0 Å². The van der Waals surface area contributed by atoms with E-state index in [9.17, 15) is 13.2 Å². The van der Waals surface area contributed by atoms with Crippen LogP contribution in [0.2, 0.25) is 5.02 Å². The van der Waals surface area contributed by atoms with Gasteiger partial charge in [-0.3, -0.25) is 9.10 Å². The van der Waals surface area contributed by atoms with Gasteiger partial charge in [0.1, 0.15) is 6.54 Å². The number of halogens is 1. The van der Waals surface area contributed by atoms with Crippen LogP contribution < -0.4 is 19.2 Å². The fourth-order valence-corrected chi connectivity index (χ4v) is 3.98. The average molecular weight is 468 g/mol. The summed E-state index contributed by atoms with van der Waals surface area (Å²) in [5.74, 6) is 0.523. The van der Waals surface area contributed by atoms with Gasteiger partial charge in [-0.05, 0) is 49.2 Å². The summed E-state index contributed by atoms with van der Waals surface area (Å²) in [6.07, 6.45) is 1.56. The summed E-state index contributed by atoms with van der Waals surface area (Å²) >= 11 is 6.12. The van der Waals surface area contributed by atoms with E-state index in [4.69, 9.17) is 21.1 Å². The van der Waals surface area contributed by atoms with Gasteiger partial charge in [-0.25, -0.2) is 13.8 Å². The Labute approximate surface area is 187 Å². The van der Waals surface area contributed by atoms with E-state index in [0.717, 1.165) is 16.1 Å². The molecular formula is C21H26ClN3O5S. The molecule has 0 aliphatic heterocycles. The van der Waals surface area contributed by atoms with Crippen molar-refractivity contribution < 1.29 is 22.7 Å². The minimum Gasteiger partial charge on any atom is -0.493 e. The van der Waals surface area contributed by atoms with Crippen LogP contribution in [-0.2, 0) is 14.8 Å². The zero-order valence-electron chi connectivity index (χ0n) is 18.1. The number of carbonyl (C=O) groups is 1. The van der Waals surface area contributed by atoms with E-state index in [1.807, 2.05) is 6.92 Å². The first-order chi connectivity index (χ1) is 14.6. The van der Waals surface area contributed by atoms with Gasteiger partial charge >= 0.3 is 0 Å². The number of ether oxygens (including phenoxy) is 2. The molecule has 10 heteroatoms. The summed E-state index contributed by atoms with van der Waals surface area (Å²) in [7, 11) is -0.655. The van der Waals surface area contributed by atoms with Gasteiger partial charge in [0.15, 0.2) is 11.5 Å². The number of hydrazone groups is 1. The van der Waals surface area contributed by atoms with Crippen LogP contribution >= 0.6 is 11.6 Å². The van der Waals surface area contributed by atoms with Gasteiger partial charge in [0.05, 0.1) is 31.9 Å². The molecule has 1 amide bonds. The zero-order chi connectivity index (χ0) is 23.2. The van der Waals surface area contributed by atoms with Crippen LogP contribution in [0.1, 0.15) is 24.5 Å². The molecule has 0 aliphatic carbocycles. The highest BCUT2D eigenvalue weighted by Gasteiger charge is 2.23. The second-order valence-electron chi connectivity index (χ2n) is 6.67. The number of sulfonamides is 1. The second kappa shape index (κ2) is 10.5. The van der Waals surface area contributed by atoms with Crippen molar-refractivity contribution in [2.24, 2.45) is 5.10 Å². The summed E-state index contributed by atoms with van der Waals surface area (Å²) in [6.45, 7) is 3.14. The maximum absolute atomic E-state index is 12.5. The van der Waals surface area contributed by atoms with Crippen molar-refractivity contribution in [1.82, 2.24) is 5.43 Å². The van der Waals surface area contributed by atoms with Gasteiger partial charge in [-0.15, -0.1) is 0 Å². The number of methoxy groups -OCH3 is 2. The Bertz CT molecular complexity index is 1090. The second-order valence-corrected chi connectivity index (χ2v) is 8.98. The molecule has 0 fully saturated rings. The minimum atomic E-state index is -3.73. The van der Waals surface area contributed by atoms with E-state index in [1.165, 1.54) is 7.11 Å². The number of nitrogens with one attached hydrogen (secondary N) is 1. The van der Waals surface area contributed by atoms with Gasteiger partial charge in [-0.2, -0.15) is 5.10 Å².